The quantitative estimate of drug-likeness (QED) is 0.452. The second kappa shape index (κ2) is 8.52. The standard InChI is InChI=1S/C11H26N2/c1-4-5-6-7-8-9-11(12)13-10(2)3/h10-11,13H,4-9,12H2,1-3H3. The summed E-state index contributed by atoms with van der Waals surface area (Å²) in [5, 5.41) is 3.31. The Morgan fingerprint density at radius 3 is 2.23 bits per heavy atom. The molecule has 0 spiro atoms. The highest BCUT2D eigenvalue weighted by molar-refractivity contribution is 4.62. The van der Waals surface area contributed by atoms with Gasteiger partial charge in [-0.05, 0) is 20.3 Å². The van der Waals surface area contributed by atoms with E-state index >= 15 is 0 Å². The molecule has 1 unspecified atom stereocenters. The first-order valence-electron chi connectivity index (χ1n) is 5.68. The van der Waals surface area contributed by atoms with Gasteiger partial charge in [0.15, 0.2) is 0 Å². The van der Waals surface area contributed by atoms with E-state index in [0.717, 1.165) is 6.42 Å². The molecule has 3 N–H and O–H groups in total. The molecule has 0 fully saturated rings. The van der Waals surface area contributed by atoms with Crippen molar-refractivity contribution in [1.82, 2.24) is 5.32 Å². The second-order valence-electron chi connectivity index (χ2n) is 4.13. The minimum Gasteiger partial charge on any atom is -0.316 e. The zero-order chi connectivity index (χ0) is 10.1. The summed E-state index contributed by atoms with van der Waals surface area (Å²) in [5.41, 5.74) is 5.88. The van der Waals surface area contributed by atoms with E-state index in [2.05, 4.69) is 26.1 Å². The maximum absolute atomic E-state index is 5.88. The fourth-order valence-corrected chi connectivity index (χ4v) is 1.48. The molecule has 0 aliphatic rings. The van der Waals surface area contributed by atoms with E-state index in [1.165, 1.54) is 32.1 Å². The molecule has 2 heteroatoms. The molecular weight excluding hydrogens is 160 g/mol. The number of hydrogen-bond acceptors (Lipinski definition) is 2. The Morgan fingerprint density at radius 1 is 1.08 bits per heavy atom. The molecule has 0 aromatic heterocycles. The Kier molecular flexibility index (Phi) is 8.46. The molecule has 0 saturated carbocycles. The van der Waals surface area contributed by atoms with Gasteiger partial charge in [0.1, 0.15) is 0 Å². The van der Waals surface area contributed by atoms with Crippen LogP contribution in [0.4, 0.5) is 0 Å². The Bertz CT molecular complexity index is 102. The van der Waals surface area contributed by atoms with Crippen LogP contribution in [0.25, 0.3) is 0 Å². The highest BCUT2D eigenvalue weighted by atomic mass is 15.0. The van der Waals surface area contributed by atoms with Crippen molar-refractivity contribution in [3.05, 3.63) is 0 Å². The Morgan fingerprint density at radius 2 is 1.69 bits per heavy atom. The van der Waals surface area contributed by atoms with Gasteiger partial charge >= 0.3 is 0 Å². The van der Waals surface area contributed by atoms with Gasteiger partial charge in [-0.15, -0.1) is 0 Å². The molecular formula is C11H26N2. The van der Waals surface area contributed by atoms with Crippen molar-refractivity contribution in [2.24, 2.45) is 5.73 Å². The van der Waals surface area contributed by atoms with E-state index in [0.29, 0.717) is 6.04 Å². The average molecular weight is 186 g/mol. The van der Waals surface area contributed by atoms with Crippen molar-refractivity contribution in [2.45, 2.75) is 71.5 Å². The minimum atomic E-state index is 0.196. The lowest BCUT2D eigenvalue weighted by Crippen LogP contribution is -2.41. The summed E-state index contributed by atoms with van der Waals surface area (Å²) in [6, 6.07) is 0.505. The third-order valence-corrected chi connectivity index (χ3v) is 2.17. The molecule has 0 aromatic carbocycles. The van der Waals surface area contributed by atoms with Crippen molar-refractivity contribution in [1.29, 1.82) is 0 Å². The summed E-state index contributed by atoms with van der Waals surface area (Å²) < 4.78 is 0. The smallest absolute Gasteiger partial charge is 0.0548 e. The van der Waals surface area contributed by atoms with Gasteiger partial charge in [0.2, 0.25) is 0 Å². The molecule has 0 aromatic rings. The van der Waals surface area contributed by atoms with E-state index in [1.54, 1.807) is 0 Å². The van der Waals surface area contributed by atoms with Gasteiger partial charge in [-0.25, -0.2) is 0 Å². The van der Waals surface area contributed by atoms with Crippen molar-refractivity contribution >= 4 is 0 Å². The second-order valence-corrected chi connectivity index (χ2v) is 4.13. The van der Waals surface area contributed by atoms with Gasteiger partial charge < -0.3 is 5.73 Å². The molecule has 0 saturated heterocycles. The van der Waals surface area contributed by atoms with Gasteiger partial charge in [0.25, 0.3) is 0 Å². The first kappa shape index (κ1) is 12.9. The molecule has 0 aliphatic carbocycles. The summed E-state index contributed by atoms with van der Waals surface area (Å²) >= 11 is 0. The first-order chi connectivity index (χ1) is 6.16. The predicted molar refractivity (Wildman–Crippen MR) is 59.6 cm³/mol. The van der Waals surface area contributed by atoms with Crippen LogP contribution in [-0.2, 0) is 0 Å². The molecule has 13 heavy (non-hydrogen) atoms. The van der Waals surface area contributed by atoms with E-state index in [9.17, 15) is 0 Å². The number of hydrogen-bond donors (Lipinski definition) is 2. The van der Waals surface area contributed by atoms with Crippen molar-refractivity contribution in [3.63, 3.8) is 0 Å². The molecule has 0 radical (unpaired) electrons. The zero-order valence-corrected chi connectivity index (χ0v) is 9.47. The fraction of sp³-hybridized carbons (Fsp3) is 1.00. The predicted octanol–water partition coefficient (Wildman–Crippen LogP) is 2.63. The van der Waals surface area contributed by atoms with Crippen LogP contribution < -0.4 is 11.1 Å². The molecule has 2 nitrogen and oxygen atoms in total. The highest BCUT2D eigenvalue weighted by Gasteiger charge is 2.02. The largest absolute Gasteiger partial charge is 0.316 e. The van der Waals surface area contributed by atoms with Gasteiger partial charge in [-0.3, -0.25) is 5.32 Å². The summed E-state index contributed by atoms with van der Waals surface area (Å²) in [4.78, 5) is 0. The lowest BCUT2D eigenvalue weighted by molar-refractivity contribution is 0.430. The van der Waals surface area contributed by atoms with Crippen LogP contribution in [0, 0.1) is 0 Å². The van der Waals surface area contributed by atoms with Gasteiger partial charge in [0.05, 0.1) is 6.17 Å². The summed E-state index contributed by atoms with van der Waals surface area (Å²) in [6.45, 7) is 6.51. The molecule has 0 rings (SSSR count). The van der Waals surface area contributed by atoms with E-state index in [1.807, 2.05) is 0 Å². The maximum atomic E-state index is 5.88. The van der Waals surface area contributed by atoms with Crippen LogP contribution in [0.5, 0.6) is 0 Å². The van der Waals surface area contributed by atoms with Crippen LogP contribution in [0.2, 0.25) is 0 Å². The third-order valence-electron chi connectivity index (χ3n) is 2.17. The lowest BCUT2D eigenvalue weighted by Gasteiger charge is -2.16. The molecule has 0 heterocycles. The number of unbranched alkanes of at least 4 members (excludes halogenated alkanes) is 4. The van der Waals surface area contributed by atoms with Gasteiger partial charge in [0, 0.05) is 6.04 Å². The van der Waals surface area contributed by atoms with Crippen LogP contribution in [0.3, 0.4) is 0 Å². The summed E-state index contributed by atoms with van der Waals surface area (Å²) in [6.07, 6.45) is 7.96. The minimum absolute atomic E-state index is 0.196. The van der Waals surface area contributed by atoms with Crippen LogP contribution >= 0.6 is 0 Å². The molecule has 1 atom stereocenters. The van der Waals surface area contributed by atoms with Crippen molar-refractivity contribution in [2.75, 3.05) is 0 Å². The van der Waals surface area contributed by atoms with E-state index in [-0.39, 0.29) is 6.17 Å². The average Bonchev–Trinajstić information content (AvgIpc) is 2.02. The Balaban J connectivity index is 3.12. The van der Waals surface area contributed by atoms with Gasteiger partial charge in [-0.2, -0.15) is 0 Å². The fourth-order valence-electron chi connectivity index (χ4n) is 1.48. The number of rotatable bonds is 8. The third kappa shape index (κ3) is 9.84. The normalized spacial score (nSPS) is 13.6. The summed E-state index contributed by atoms with van der Waals surface area (Å²) in [7, 11) is 0. The van der Waals surface area contributed by atoms with Crippen LogP contribution in [-0.4, -0.2) is 12.2 Å². The molecule has 0 amide bonds. The Labute approximate surface area is 83.3 Å². The zero-order valence-electron chi connectivity index (χ0n) is 9.47. The van der Waals surface area contributed by atoms with E-state index in [4.69, 9.17) is 5.73 Å². The topological polar surface area (TPSA) is 38.0 Å². The lowest BCUT2D eigenvalue weighted by atomic mass is 10.1. The molecule has 80 valence electrons. The van der Waals surface area contributed by atoms with E-state index < -0.39 is 0 Å². The monoisotopic (exact) mass is 186 g/mol. The van der Waals surface area contributed by atoms with Gasteiger partial charge in [-0.1, -0.05) is 39.0 Å². The highest BCUT2D eigenvalue weighted by Crippen LogP contribution is 2.05. The van der Waals surface area contributed by atoms with Crippen LogP contribution in [0.15, 0.2) is 0 Å². The number of nitrogens with one attached hydrogen (secondary N) is 1. The summed E-state index contributed by atoms with van der Waals surface area (Å²) in [5.74, 6) is 0. The first-order valence-corrected chi connectivity index (χ1v) is 5.68. The molecule has 0 bridgehead atoms. The Hall–Kier alpha value is -0.0800. The van der Waals surface area contributed by atoms with Crippen LogP contribution in [0.1, 0.15) is 59.3 Å². The maximum Gasteiger partial charge on any atom is 0.0548 e. The number of nitrogens with two attached hydrogens (primary N) is 1. The van der Waals surface area contributed by atoms with Crippen molar-refractivity contribution < 1.29 is 0 Å². The SMILES string of the molecule is CCCCCCCC(N)NC(C)C. The molecule has 0 aliphatic heterocycles. The van der Waals surface area contributed by atoms with Crippen molar-refractivity contribution in [3.8, 4) is 0 Å².